The van der Waals surface area contributed by atoms with Crippen LogP contribution in [0.3, 0.4) is 0 Å². The Morgan fingerprint density at radius 3 is 2.70 bits per heavy atom. The molecule has 0 spiro atoms. The van der Waals surface area contributed by atoms with Crippen LogP contribution in [0.4, 0.5) is 5.69 Å². The highest BCUT2D eigenvalue weighted by atomic mass is 32.2. The molecule has 0 aliphatic heterocycles. The number of hydrogen-bond acceptors (Lipinski definition) is 4. The number of furan rings is 1. The minimum absolute atomic E-state index is 0.0975. The third-order valence-corrected chi connectivity index (χ3v) is 4.46. The molecule has 0 amide bonds. The summed E-state index contributed by atoms with van der Waals surface area (Å²) < 4.78 is 32.2. The van der Waals surface area contributed by atoms with Crippen molar-refractivity contribution in [1.82, 2.24) is 10.0 Å². The molecule has 6 nitrogen and oxygen atoms in total. The van der Waals surface area contributed by atoms with E-state index in [0.29, 0.717) is 16.6 Å². The Morgan fingerprint density at radius 2 is 2.04 bits per heavy atom. The van der Waals surface area contributed by atoms with Gasteiger partial charge in [-0.1, -0.05) is 6.07 Å². The molecule has 0 saturated carbocycles. The molecule has 1 aromatic heterocycles. The van der Waals surface area contributed by atoms with Crippen molar-refractivity contribution in [2.45, 2.75) is 31.3 Å². The van der Waals surface area contributed by atoms with Crippen LogP contribution in [0.2, 0.25) is 0 Å². The van der Waals surface area contributed by atoms with E-state index in [9.17, 15) is 8.42 Å². The van der Waals surface area contributed by atoms with Crippen LogP contribution in [0.1, 0.15) is 19.6 Å². The summed E-state index contributed by atoms with van der Waals surface area (Å²) in [6.07, 6.45) is 1.50. The van der Waals surface area contributed by atoms with E-state index in [1.165, 1.54) is 18.4 Å². The zero-order chi connectivity index (χ0) is 16.9. The summed E-state index contributed by atoms with van der Waals surface area (Å²) in [4.78, 5) is 0.154. The lowest BCUT2D eigenvalue weighted by Gasteiger charge is -2.14. The van der Waals surface area contributed by atoms with E-state index in [1.54, 1.807) is 24.3 Å². The van der Waals surface area contributed by atoms with Crippen molar-refractivity contribution in [3.05, 3.63) is 48.4 Å². The minimum atomic E-state index is -3.63. The summed E-state index contributed by atoms with van der Waals surface area (Å²) in [7, 11) is -3.63. The Kier molecular flexibility index (Phi) is 5.75. The van der Waals surface area contributed by atoms with Crippen LogP contribution in [-0.2, 0) is 16.6 Å². The Labute approximate surface area is 141 Å². The molecule has 3 N–H and O–H groups in total. The van der Waals surface area contributed by atoms with E-state index in [2.05, 4.69) is 15.4 Å². The van der Waals surface area contributed by atoms with E-state index in [4.69, 9.17) is 16.6 Å². The van der Waals surface area contributed by atoms with Crippen LogP contribution in [0.25, 0.3) is 0 Å². The summed E-state index contributed by atoms with van der Waals surface area (Å²) in [6, 6.07) is 10.1. The molecule has 0 aliphatic carbocycles. The lowest BCUT2D eigenvalue weighted by Crippen LogP contribution is -2.34. The zero-order valence-electron chi connectivity index (χ0n) is 12.9. The minimum Gasteiger partial charge on any atom is -0.468 e. The van der Waals surface area contributed by atoms with Crippen molar-refractivity contribution in [1.29, 1.82) is 0 Å². The summed E-state index contributed by atoms with van der Waals surface area (Å²) in [5, 5.41) is 6.44. The summed E-state index contributed by atoms with van der Waals surface area (Å²) in [5.74, 6) is 0.546. The molecule has 0 radical (unpaired) electrons. The third kappa shape index (κ3) is 5.34. The van der Waals surface area contributed by atoms with E-state index in [1.807, 2.05) is 13.8 Å². The number of anilines is 1. The number of benzene rings is 1. The molecule has 2 aromatic rings. The van der Waals surface area contributed by atoms with Crippen LogP contribution in [0.15, 0.2) is 52.0 Å². The van der Waals surface area contributed by atoms with Gasteiger partial charge in [0.15, 0.2) is 5.11 Å². The monoisotopic (exact) mass is 353 g/mol. The highest BCUT2D eigenvalue weighted by Gasteiger charge is 2.15. The van der Waals surface area contributed by atoms with Crippen molar-refractivity contribution < 1.29 is 12.8 Å². The Bertz CT molecular complexity index is 756. The summed E-state index contributed by atoms with van der Waals surface area (Å²) in [6.45, 7) is 4.03. The first-order valence-electron chi connectivity index (χ1n) is 7.06. The largest absolute Gasteiger partial charge is 0.468 e. The molecule has 2 rings (SSSR count). The van der Waals surface area contributed by atoms with E-state index >= 15 is 0 Å². The summed E-state index contributed by atoms with van der Waals surface area (Å²) in [5.41, 5.74) is 0.601. The lowest BCUT2D eigenvalue weighted by molar-refractivity contribution is 0.498. The molecule has 0 bridgehead atoms. The summed E-state index contributed by atoms with van der Waals surface area (Å²) >= 11 is 5.15. The van der Waals surface area contributed by atoms with Crippen LogP contribution in [-0.4, -0.2) is 19.6 Å². The molecule has 1 aromatic carbocycles. The maximum Gasteiger partial charge on any atom is 0.241 e. The fourth-order valence-electron chi connectivity index (χ4n) is 1.83. The topological polar surface area (TPSA) is 83.4 Å². The molecular formula is C15H19N3O3S2. The predicted octanol–water partition coefficient (Wildman–Crippen LogP) is 2.45. The second-order valence-corrected chi connectivity index (χ2v) is 7.36. The first-order valence-corrected chi connectivity index (χ1v) is 8.95. The van der Waals surface area contributed by atoms with Crippen molar-refractivity contribution in [3.63, 3.8) is 0 Å². The third-order valence-electron chi connectivity index (χ3n) is 2.84. The van der Waals surface area contributed by atoms with Crippen LogP contribution < -0.4 is 15.4 Å². The van der Waals surface area contributed by atoms with Gasteiger partial charge in [-0.3, -0.25) is 0 Å². The number of thiocarbonyl (C=S) groups is 1. The fourth-order valence-corrected chi connectivity index (χ4v) is 3.23. The van der Waals surface area contributed by atoms with Crippen molar-refractivity contribution in [3.8, 4) is 0 Å². The highest BCUT2D eigenvalue weighted by molar-refractivity contribution is 7.89. The van der Waals surface area contributed by atoms with Gasteiger partial charge in [0.05, 0.1) is 17.7 Å². The maximum atomic E-state index is 12.3. The smallest absolute Gasteiger partial charge is 0.241 e. The number of hydrogen-bond donors (Lipinski definition) is 3. The number of rotatable bonds is 6. The average Bonchev–Trinajstić information content (AvgIpc) is 2.98. The van der Waals surface area contributed by atoms with Gasteiger partial charge in [0.25, 0.3) is 0 Å². The Hall–Kier alpha value is -1.90. The molecule has 0 fully saturated rings. The van der Waals surface area contributed by atoms with Crippen LogP contribution >= 0.6 is 12.2 Å². The lowest BCUT2D eigenvalue weighted by atomic mass is 10.3. The molecule has 0 unspecified atom stereocenters. The van der Waals surface area contributed by atoms with Crippen LogP contribution in [0.5, 0.6) is 0 Å². The molecule has 1 heterocycles. The fraction of sp³-hybridized carbons (Fsp3) is 0.267. The van der Waals surface area contributed by atoms with E-state index < -0.39 is 10.0 Å². The van der Waals surface area contributed by atoms with Crippen LogP contribution in [0, 0.1) is 0 Å². The van der Waals surface area contributed by atoms with Gasteiger partial charge in [0.2, 0.25) is 10.0 Å². The number of nitrogens with one attached hydrogen (secondary N) is 3. The van der Waals surface area contributed by atoms with Gasteiger partial charge in [-0.05, 0) is 56.4 Å². The predicted molar refractivity (Wildman–Crippen MR) is 93.7 cm³/mol. The van der Waals surface area contributed by atoms with Crippen molar-refractivity contribution in [2.75, 3.05) is 5.32 Å². The van der Waals surface area contributed by atoms with Gasteiger partial charge < -0.3 is 15.1 Å². The second kappa shape index (κ2) is 7.58. The molecule has 0 aliphatic rings. The van der Waals surface area contributed by atoms with Crippen molar-refractivity contribution >= 4 is 33.0 Å². The quantitative estimate of drug-likeness (QED) is 0.692. The van der Waals surface area contributed by atoms with Gasteiger partial charge in [0, 0.05) is 11.7 Å². The first kappa shape index (κ1) is 17.5. The van der Waals surface area contributed by atoms with Crippen molar-refractivity contribution in [2.24, 2.45) is 0 Å². The van der Waals surface area contributed by atoms with Gasteiger partial charge in [0.1, 0.15) is 5.76 Å². The SMILES string of the molecule is CC(C)NC(=S)Nc1cccc(S(=O)(=O)NCc2ccco2)c1. The second-order valence-electron chi connectivity index (χ2n) is 5.18. The zero-order valence-corrected chi connectivity index (χ0v) is 14.5. The van der Waals surface area contributed by atoms with Gasteiger partial charge in [-0.15, -0.1) is 0 Å². The molecule has 124 valence electrons. The standard InChI is InChI=1S/C15H19N3O3S2/c1-11(2)17-15(22)18-12-5-3-7-14(9-12)23(19,20)16-10-13-6-4-8-21-13/h3-9,11,16H,10H2,1-2H3,(H2,17,18,22). The molecular weight excluding hydrogens is 334 g/mol. The van der Waals surface area contributed by atoms with Gasteiger partial charge in [-0.25, -0.2) is 13.1 Å². The first-order chi connectivity index (χ1) is 10.9. The Balaban J connectivity index is 2.07. The Morgan fingerprint density at radius 1 is 1.26 bits per heavy atom. The number of sulfonamides is 1. The van der Waals surface area contributed by atoms with Gasteiger partial charge in [-0.2, -0.15) is 0 Å². The van der Waals surface area contributed by atoms with Gasteiger partial charge >= 0.3 is 0 Å². The molecule has 23 heavy (non-hydrogen) atoms. The van der Waals surface area contributed by atoms with E-state index in [-0.39, 0.29) is 17.5 Å². The highest BCUT2D eigenvalue weighted by Crippen LogP contribution is 2.16. The average molecular weight is 353 g/mol. The maximum absolute atomic E-state index is 12.3. The molecule has 8 heteroatoms. The molecule has 0 atom stereocenters. The van der Waals surface area contributed by atoms with E-state index in [0.717, 1.165) is 0 Å². The molecule has 0 saturated heterocycles. The normalized spacial score (nSPS) is 11.4.